The predicted molar refractivity (Wildman–Crippen MR) is 78.1 cm³/mol. The summed E-state index contributed by atoms with van der Waals surface area (Å²) in [5.41, 5.74) is 0.0686. The zero-order valence-corrected chi connectivity index (χ0v) is 12.5. The quantitative estimate of drug-likeness (QED) is 0.820. The molecule has 0 aromatic heterocycles. The molecule has 2 bridgehead atoms. The maximum absolute atomic E-state index is 13.8. The number of fused-ring (bicyclic) bond motifs is 2. The van der Waals surface area contributed by atoms with Gasteiger partial charge >= 0.3 is 5.97 Å². The van der Waals surface area contributed by atoms with Crippen LogP contribution in [0.1, 0.15) is 6.42 Å². The van der Waals surface area contributed by atoms with Crippen molar-refractivity contribution in [3.8, 4) is 0 Å². The van der Waals surface area contributed by atoms with Crippen molar-refractivity contribution in [1.82, 2.24) is 0 Å². The number of halogens is 2. The highest BCUT2D eigenvalue weighted by molar-refractivity contribution is 9.10. The first-order chi connectivity index (χ1) is 9.97. The van der Waals surface area contributed by atoms with Gasteiger partial charge in [0.25, 0.3) is 0 Å². The fourth-order valence-electron chi connectivity index (χ4n) is 3.32. The predicted octanol–water partition coefficient (Wildman–Crippen LogP) is 3.05. The van der Waals surface area contributed by atoms with E-state index in [4.69, 9.17) is 0 Å². The molecule has 0 saturated heterocycles. The van der Waals surface area contributed by atoms with Gasteiger partial charge in [0.15, 0.2) is 0 Å². The molecule has 0 unspecified atom stereocenters. The molecule has 1 saturated carbocycles. The number of carbonyl (C=O) groups is 2. The minimum atomic E-state index is -0.969. The average molecular weight is 354 g/mol. The second-order valence-electron chi connectivity index (χ2n) is 5.45. The van der Waals surface area contributed by atoms with Crippen molar-refractivity contribution in [1.29, 1.82) is 0 Å². The number of hydrogen-bond acceptors (Lipinski definition) is 2. The number of allylic oxidation sites excluding steroid dienone is 2. The molecule has 1 fully saturated rings. The summed E-state index contributed by atoms with van der Waals surface area (Å²) in [5, 5.41) is 11.8. The van der Waals surface area contributed by atoms with E-state index in [1.165, 1.54) is 12.1 Å². The first-order valence-corrected chi connectivity index (χ1v) is 7.43. The lowest BCUT2D eigenvalue weighted by atomic mass is 9.82. The number of rotatable bonds is 3. The number of carboxylic acids is 1. The Bertz CT molecular complexity index is 646. The molecule has 2 aliphatic carbocycles. The van der Waals surface area contributed by atoms with Crippen LogP contribution in [0.3, 0.4) is 0 Å². The Labute approximate surface area is 129 Å². The normalized spacial score (nSPS) is 29.6. The summed E-state index contributed by atoms with van der Waals surface area (Å²) < 4.78 is 14.3. The molecule has 1 amide bonds. The van der Waals surface area contributed by atoms with Crippen molar-refractivity contribution in [3.63, 3.8) is 0 Å². The van der Waals surface area contributed by atoms with Gasteiger partial charge in [-0.15, -0.1) is 0 Å². The first-order valence-electron chi connectivity index (χ1n) is 6.64. The molecule has 21 heavy (non-hydrogen) atoms. The molecule has 3 rings (SSSR count). The standard InChI is InChI=1S/C15H13BrFNO3/c16-9-3-4-11(10(17)6-9)18-14(19)12-7-1-2-8(5-7)13(12)15(20)21/h1-4,6-8,12-13H,5H2,(H,18,19)(H,20,21)/t7-,8-,12+,13+/m0/s1. The number of nitrogens with one attached hydrogen (secondary N) is 1. The van der Waals surface area contributed by atoms with E-state index < -0.39 is 29.5 Å². The Balaban J connectivity index is 1.82. The van der Waals surface area contributed by atoms with Gasteiger partial charge in [0.2, 0.25) is 5.91 Å². The van der Waals surface area contributed by atoms with Gasteiger partial charge in [-0.2, -0.15) is 0 Å². The van der Waals surface area contributed by atoms with Crippen LogP contribution in [-0.2, 0) is 9.59 Å². The lowest BCUT2D eigenvalue weighted by molar-refractivity contribution is -0.146. The fraction of sp³-hybridized carbons (Fsp3) is 0.333. The van der Waals surface area contributed by atoms with Crippen LogP contribution in [0.2, 0.25) is 0 Å². The topological polar surface area (TPSA) is 66.4 Å². The zero-order chi connectivity index (χ0) is 15.1. The monoisotopic (exact) mass is 353 g/mol. The van der Waals surface area contributed by atoms with E-state index in [0.29, 0.717) is 10.9 Å². The molecule has 1 aromatic rings. The summed E-state index contributed by atoms with van der Waals surface area (Å²) in [6, 6.07) is 4.33. The Morgan fingerprint density at radius 3 is 2.52 bits per heavy atom. The molecule has 0 heterocycles. The molecule has 1 aromatic carbocycles. The summed E-state index contributed by atoms with van der Waals surface area (Å²) >= 11 is 3.14. The number of aliphatic carboxylic acids is 1. The van der Waals surface area contributed by atoms with Crippen LogP contribution in [0.5, 0.6) is 0 Å². The third-order valence-corrected chi connectivity index (χ3v) is 4.73. The summed E-state index contributed by atoms with van der Waals surface area (Å²) in [6.07, 6.45) is 4.44. The summed E-state index contributed by atoms with van der Waals surface area (Å²) in [6.45, 7) is 0. The third kappa shape index (κ3) is 2.48. The van der Waals surface area contributed by atoms with Crippen molar-refractivity contribution in [3.05, 3.63) is 40.6 Å². The van der Waals surface area contributed by atoms with Crippen LogP contribution in [-0.4, -0.2) is 17.0 Å². The fourth-order valence-corrected chi connectivity index (χ4v) is 3.66. The van der Waals surface area contributed by atoms with Crippen molar-refractivity contribution in [2.45, 2.75) is 6.42 Å². The third-order valence-electron chi connectivity index (χ3n) is 4.24. The Kier molecular flexibility index (Phi) is 3.57. The molecule has 2 N–H and O–H groups in total. The van der Waals surface area contributed by atoms with Gasteiger partial charge < -0.3 is 10.4 Å². The number of benzene rings is 1. The largest absolute Gasteiger partial charge is 0.481 e. The maximum Gasteiger partial charge on any atom is 0.307 e. The molecule has 4 nitrogen and oxygen atoms in total. The SMILES string of the molecule is O=C(O)[C@H]1[C@H](C(=O)Nc2ccc(Br)cc2F)[C@H]2C=C[C@H]1C2. The number of amides is 1. The molecule has 110 valence electrons. The second-order valence-corrected chi connectivity index (χ2v) is 6.37. The summed E-state index contributed by atoms with van der Waals surface area (Å²) in [5.74, 6) is -3.49. The molecule has 0 radical (unpaired) electrons. The van der Waals surface area contributed by atoms with Crippen LogP contribution in [0, 0.1) is 29.5 Å². The van der Waals surface area contributed by atoms with Crippen molar-refractivity contribution >= 4 is 33.5 Å². The lowest BCUT2D eigenvalue weighted by Crippen LogP contribution is -2.36. The van der Waals surface area contributed by atoms with Gasteiger partial charge in [0, 0.05) is 4.47 Å². The minimum Gasteiger partial charge on any atom is -0.481 e. The van der Waals surface area contributed by atoms with E-state index in [9.17, 15) is 19.1 Å². The Morgan fingerprint density at radius 2 is 1.90 bits per heavy atom. The van der Waals surface area contributed by atoms with Crippen LogP contribution >= 0.6 is 15.9 Å². The van der Waals surface area contributed by atoms with E-state index in [0.717, 1.165) is 0 Å². The number of carbonyl (C=O) groups excluding carboxylic acids is 1. The van der Waals surface area contributed by atoms with Gasteiger partial charge in [-0.1, -0.05) is 28.1 Å². The second kappa shape index (κ2) is 5.26. The first kappa shape index (κ1) is 14.3. The molecule has 4 atom stereocenters. The summed E-state index contributed by atoms with van der Waals surface area (Å²) in [4.78, 5) is 23.7. The minimum absolute atomic E-state index is 0.0686. The average Bonchev–Trinajstić information content (AvgIpc) is 3.02. The molecule has 0 spiro atoms. The van der Waals surface area contributed by atoms with E-state index in [-0.39, 0.29) is 17.5 Å². The maximum atomic E-state index is 13.8. The molecule has 0 aliphatic heterocycles. The molecule has 2 aliphatic rings. The van der Waals surface area contributed by atoms with Crippen LogP contribution in [0.4, 0.5) is 10.1 Å². The van der Waals surface area contributed by atoms with E-state index in [1.54, 1.807) is 6.07 Å². The van der Waals surface area contributed by atoms with E-state index >= 15 is 0 Å². The highest BCUT2D eigenvalue weighted by atomic mass is 79.9. The van der Waals surface area contributed by atoms with Gasteiger partial charge in [-0.05, 0) is 36.5 Å². The van der Waals surface area contributed by atoms with Gasteiger partial charge in [-0.3, -0.25) is 9.59 Å². The Morgan fingerprint density at radius 1 is 1.24 bits per heavy atom. The van der Waals surface area contributed by atoms with Gasteiger partial charge in [-0.25, -0.2) is 4.39 Å². The lowest BCUT2D eigenvalue weighted by Gasteiger charge is -2.23. The zero-order valence-electron chi connectivity index (χ0n) is 10.9. The van der Waals surface area contributed by atoms with Crippen LogP contribution < -0.4 is 5.32 Å². The van der Waals surface area contributed by atoms with Crippen molar-refractivity contribution < 1.29 is 19.1 Å². The highest BCUT2D eigenvalue weighted by Crippen LogP contribution is 2.48. The van der Waals surface area contributed by atoms with Gasteiger partial charge in [0.05, 0.1) is 17.5 Å². The van der Waals surface area contributed by atoms with E-state index in [2.05, 4.69) is 21.2 Å². The number of hydrogen-bond donors (Lipinski definition) is 2. The van der Waals surface area contributed by atoms with Crippen molar-refractivity contribution in [2.24, 2.45) is 23.7 Å². The number of anilines is 1. The van der Waals surface area contributed by atoms with Crippen LogP contribution in [0.15, 0.2) is 34.8 Å². The van der Waals surface area contributed by atoms with Crippen LogP contribution in [0.25, 0.3) is 0 Å². The van der Waals surface area contributed by atoms with E-state index in [1.807, 2.05) is 12.2 Å². The number of carboxylic acid groups (broad SMARTS) is 1. The molecular weight excluding hydrogens is 341 g/mol. The van der Waals surface area contributed by atoms with Gasteiger partial charge in [0.1, 0.15) is 5.82 Å². The highest BCUT2D eigenvalue weighted by Gasteiger charge is 2.51. The molecule has 6 heteroatoms. The summed E-state index contributed by atoms with van der Waals surface area (Å²) in [7, 11) is 0. The molecular formula is C15H13BrFNO3. The van der Waals surface area contributed by atoms with Crippen molar-refractivity contribution in [2.75, 3.05) is 5.32 Å². The Hall–Kier alpha value is -1.69. The smallest absolute Gasteiger partial charge is 0.307 e.